The standard InChI is InChI=1S/C9H19NO2/c1-6(2)12-5-9(11)7(3)8(4)10/h6-8H,5,10H2,1-4H3. The van der Waals surface area contributed by atoms with Crippen LogP contribution in [0.4, 0.5) is 0 Å². The summed E-state index contributed by atoms with van der Waals surface area (Å²) in [5.74, 6) is -0.0255. The molecule has 0 saturated carbocycles. The highest BCUT2D eigenvalue weighted by Gasteiger charge is 2.16. The van der Waals surface area contributed by atoms with Crippen molar-refractivity contribution in [3.05, 3.63) is 0 Å². The third-order valence-corrected chi connectivity index (χ3v) is 1.86. The predicted octanol–water partition coefficient (Wildman–Crippen LogP) is 0.964. The smallest absolute Gasteiger partial charge is 0.162 e. The molecule has 12 heavy (non-hydrogen) atoms. The highest BCUT2D eigenvalue weighted by molar-refractivity contribution is 5.82. The van der Waals surface area contributed by atoms with Crippen LogP contribution >= 0.6 is 0 Å². The van der Waals surface area contributed by atoms with E-state index in [1.807, 2.05) is 27.7 Å². The summed E-state index contributed by atoms with van der Waals surface area (Å²) in [6.45, 7) is 7.66. The number of ether oxygens (including phenoxy) is 1. The molecule has 0 rings (SSSR count). The van der Waals surface area contributed by atoms with Gasteiger partial charge in [0.25, 0.3) is 0 Å². The van der Waals surface area contributed by atoms with E-state index in [0.717, 1.165) is 0 Å². The summed E-state index contributed by atoms with van der Waals surface area (Å²) >= 11 is 0. The van der Waals surface area contributed by atoms with E-state index in [0.29, 0.717) is 0 Å². The van der Waals surface area contributed by atoms with E-state index in [1.165, 1.54) is 0 Å². The Balaban J connectivity index is 3.72. The first-order chi connectivity index (χ1) is 5.45. The van der Waals surface area contributed by atoms with Gasteiger partial charge in [0.15, 0.2) is 5.78 Å². The predicted molar refractivity (Wildman–Crippen MR) is 48.9 cm³/mol. The Morgan fingerprint density at radius 3 is 2.17 bits per heavy atom. The van der Waals surface area contributed by atoms with Crippen LogP contribution in [0.3, 0.4) is 0 Å². The van der Waals surface area contributed by atoms with Crippen LogP contribution in [-0.2, 0) is 9.53 Å². The highest BCUT2D eigenvalue weighted by atomic mass is 16.5. The minimum absolute atomic E-state index is 0.0821. The fourth-order valence-corrected chi connectivity index (χ4v) is 0.673. The number of hydrogen-bond donors (Lipinski definition) is 1. The molecule has 2 N–H and O–H groups in total. The van der Waals surface area contributed by atoms with Crippen LogP contribution in [0.15, 0.2) is 0 Å². The first-order valence-electron chi connectivity index (χ1n) is 4.35. The zero-order valence-corrected chi connectivity index (χ0v) is 8.33. The number of carbonyl (C=O) groups is 1. The largest absolute Gasteiger partial charge is 0.371 e. The molecule has 72 valence electrons. The van der Waals surface area contributed by atoms with Crippen molar-refractivity contribution >= 4 is 5.78 Å². The fourth-order valence-electron chi connectivity index (χ4n) is 0.673. The molecule has 0 aromatic carbocycles. The number of carbonyl (C=O) groups excluding carboxylic acids is 1. The summed E-state index contributed by atoms with van der Waals surface area (Å²) in [6.07, 6.45) is 0.106. The van der Waals surface area contributed by atoms with E-state index in [2.05, 4.69) is 0 Å². The average molecular weight is 173 g/mol. The summed E-state index contributed by atoms with van der Waals surface area (Å²) in [6, 6.07) is -0.0896. The quantitative estimate of drug-likeness (QED) is 0.673. The molecule has 0 aliphatic heterocycles. The lowest BCUT2D eigenvalue weighted by Crippen LogP contribution is -2.33. The highest BCUT2D eigenvalue weighted by Crippen LogP contribution is 2.02. The third-order valence-electron chi connectivity index (χ3n) is 1.86. The molecule has 0 radical (unpaired) electrons. The Morgan fingerprint density at radius 2 is 1.83 bits per heavy atom. The van der Waals surface area contributed by atoms with Gasteiger partial charge in [0.05, 0.1) is 6.10 Å². The van der Waals surface area contributed by atoms with Gasteiger partial charge in [-0.1, -0.05) is 6.92 Å². The monoisotopic (exact) mass is 173 g/mol. The summed E-state index contributed by atoms with van der Waals surface area (Å²) in [4.78, 5) is 11.3. The molecule has 0 fully saturated rings. The van der Waals surface area contributed by atoms with Gasteiger partial charge in [-0.2, -0.15) is 0 Å². The molecule has 0 amide bonds. The van der Waals surface area contributed by atoms with Crippen molar-refractivity contribution in [1.82, 2.24) is 0 Å². The van der Waals surface area contributed by atoms with Gasteiger partial charge < -0.3 is 10.5 Å². The lowest BCUT2D eigenvalue weighted by molar-refractivity contribution is -0.128. The number of ketones is 1. The van der Waals surface area contributed by atoms with Crippen LogP contribution in [0, 0.1) is 5.92 Å². The van der Waals surface area contributed by atoms with Crippen molar-refractivity contribution in [3.8, 4) is 0 Å². The zero-order chi connectivity index (χ0) is 9.72. The normalized spacial score (nSPS) is 16.2. The van der Waals surface area contributed by atoms with Crippen molar-refractivity contribution in [2.75, 3.05) is 6.61 Å². The average Bonchev–Trinajstić information content (AvgIpc) is 1.98. The maximum absolute atomic E-state index is 11.3. The van der Waals surface area contributed by atoms with E-state index in [-0.39, 0.29) is 30.5 Å². The summed E-state index contributed by atoms with van der Waals surface area (Å²) < 4.78 is 5.17. The zero-order valence-electron chi connectivity index (χ0n) is 8.33. The van der Waals surface area contributed by atoms with Crippen LogP contribution in [0.5, 0.6) is 0 Å². The lowest BCUT2D eigenvalue weighted by atomic mass is 10.00. The molecule has 0 spiro atoms. The lowest BCUT2D eigenvalue weighted by Gasteiger charge is -2.15. The molecular formula is C9H19NO2. The summed E-state index contributed by atoms with van der Waals surface area (Å²) in [7, 11) is 0. The third kappa shape index (κ3) is 4.46. The Morgan fingerprint density at radius 1 is 1.33 bits per heavy atom. The van der Waals surface area contributed by atoms with Crippen molar-refractivity contribution in [2.24, 2.45) is 11.7 Å². The van der Waals surface area contributed by atoms with Crippen LogP contribution in [0.25, 0.3) is 0 Å². The molecule has 0 aliphatic rings. The number of rotatable bonds is 5. The SMILES string of the molecule is CC(C)OCC(=O)C(C)C(C)N. The second kappa shape index (κ2) is 5.27. The molecular weight excluding hydrogens is 154 g/mol. The van der Waals surface area contributed by atoms with Gasteiger partial charge in [0, 0.05) is 12.0 Å². The van der Waals surface area contributed by atoms with E-state index in [9.17, 15) is 4.79 Å². The minimum Gasteiger partial charge on any atom is -0.371 e. The molecule has 0 aromatic heterocycles. The molecule has 2 unspecified atom stereocenters. The Kier molecular flexibility index (Phi) is 5.09. The van der Waals surface area contributed by atoms with E-state index in [4.69, 9.17) is 10.5 Å². The molecule has 2 atom stereocenters. The maximum Gasteiger partial charge on any atom is 0.162 e. The Labute approximate surface area is 74.3 Å². The molecule has 3 heteroatoms. The molecule has 3 nitrogen and oxygen atoms in total. The first kappa shape index (κ1) is 11.6. The minimum atomic E-state index is -0.108. The fraction of sp³-hybridized carbons (Fsp3) is 0.889. The van der Waals surface area contributed by atoms with Crippen molar-refractivity contribution in [1.29, 1.82) is 0 Å². The van der Waals surface area contributed by atoms with Crippen molar-refractivity contribution in [2.45, 2.75) is 39.8 Å². The van der Waals surface area contributed by atoms with E-state index >= 15 is 0 Å². The van der Waals surface area contributed by atoms with Gasteiger partial charge in [-0.05, 0) is 20.8 Å². The van der Waals surface area contributed by atoms with Gasteiger partial charge in [-0.25, -0.2) is 0 Å². The number of nitrogens with two attached hydrogens (primary N) is 1. The van der Waals surface area contributed by atoms with Crippen molar-refractivity contribution < 1.29 is 9.53 Å². The molecule has 0 bridgehead atoms. The number of Topliss-reactive ketones (excluding diaryl/α,β-unsaturated/α-hetero) is 1. The van der Waals surface area contributed by atoms with Crippen LogP contribution in [-0.4, -0.2) is 24.5 Å². The maximum atomic E-state index is 11.3. The van der Waals surface area contributed by atoms with Gasteiger partial charge in [0.1, 0.15) is 6.61 Å². The van der Waals surface area contributed by atoms with E-state index in [1.54, 1.807) is 0 Å². The summed E-state index contributed by atoms with van der Waals surface area (Å²) in [5.41, 5.74) is 5.57. The van der Waals surface area contributed by atoms with Crippen LogP contribution in [0.1, 0.15) is 27.7 Å². The molecule has 0 heterocycles. The van der Waals surface area contributed by atoms with Crippen LogP contribution < -0.4 is 5.73 Å². The first-order valence-corrected chi connectivity index (χ1v) is 4.35. The second-order valence-electron chi connectivity index (χ2n) is 3.47. The van der Waals surface area contributed by atoms with Crippen molar-refractivity contribution in [3.63, 3.8) is 0 Å². The molecule has 0 saturated heterocycles. The topological polar surface area (TPSA) is 52.3 Å². The van der Waals surface area contributed by atoms with Gasteiger partial charge in [-0.3, -0.25) is 4.79 Å². The van der Waals surface area contributed by atoms with Gasteiger partial charge in [-0.15, -0.1) is 0 Å². The summed E-state index contributed by atoms with van der Waals surface area (Å²) in [5, 5.41) is 0. The Hall–Kier alpha value is -0.410. The van der Waals surface area contributed by atoms with Gasteiger partial charge >= 0.3 is 0 Å². The van der Waals surface area contributed by atoms with Gasteiger partial charge in [0.2, 0.25) is 0 Å². The number of hydrogen-bond acceptors (Lipinski definition) is 3. The Bertz CT molecular complexity index is 143. The van der Waals surface area contributed by atoms with E-state index < -0.39 is 0 Å². The second-order valence-corrected chi connectivity index (χ2v) is 3.47. The van der Waals surface area contributed by atoms with Crippen LogP contribution in [0.2, 0.25) is 0 Å². The molecule has 0 aliphatic carbocycles. The molecule has 0 aromatic rings.